The maximum absolute atomic E-state index is 2.43. The average Bonchev–Trinajstić information content (AvgIpc) is 3.67. The molecule has 0 bridgehead atoms. The summed E-state index contributed by atoms with van der Waals surface area (Å²) in [4.78, 5) is 2.40. The van der Waals surface area contributed by atoms with E-state index in [1.807, 2.05) is 0 Å². The standard InChI is InChI=1S/C52H40N2/c1-35-13-11-18-41(31-35)53(40-25-23-37(24-26-40)39-17-12-16-38(32-39)36-14-5-4-6-15-36)42-27-29-44-45-30-28-43(34-49(45)52(2,3)48(44)33-42)54-50-21-9-7-19-46(50)47-20-8-10-22-51(47)54/h4-34H,1-3H3. The van der Waals surface area contributed by atoms with E-state index in [0.717, 1.165) is 17.1 Å². The van der Waals surface area contributed by atoms with Crippen molar-refractivity contribution in [3.05, 3.63) is 205 Å². The fraction of sp³-hybridized carbons (Fsp3) is 0.0769. The Bertz CT molecular complexity index is 2800. The fourth-order valence-corrected chi connectivity index (χ4v) is 8.72. The number of hydrogen-bond acceptors (Lipinski definition) is 1. The minimum Gasteiger partial charge on any atom is -0.310 e. The van der Waals surface area contributed by atoms with E-state index in [1.54, 1.807) is 0 Å². The van der Waals surface area contributed by atoms with Gasteiger partial charge in [-0.25, -0.2) is 0 Å². The normalized spacial score (nSPS) is 12.9. The Morgan fingerprint density at radius 2 is 0.944 bits per heavy atom. The highest BCUT2D eigenvalue weighted by Gasteiger charge is 2.36. The maximum atomic E-state index is 2.43. The van der Waals surface area contributed by atoms with Crippen molar-refractivity contribution in [2.75, 3.05) is 4.90 Å². The van der Waals surface area contributed by atoms with Crippen LogP contribution in [-0.2, 0) is 5.41 Å². The topological polar surface area (TPSA) is 8.17 Å². The molecule has 1 aromatic heterocycles. The zero-order valence-electron chi connectivity index (χ0n) is 30.8. The molecule has 9 aromatic rings. The summed E-state index contributed by atoms with van der Waals surface area (Å²) in [6, 6.07) is 68.9. The molecule has 0 N–H and O–H groups in total. The van der Waals surface area contributed by atoms with Crippen LogP contribution in [0.5, 0.6) is 0 Å². The molecule has 0 spiro atoms. The molecule has 258 valence electrons. The second kappa shape index (κ2) is 12.5. The lowest BCUT2D eigenvalue weighted by molar-refractivity contribution is 0.660. The van der Waals surface area contributed by atoms with E-state index in [1.165, 1.54) is 77.6 Å². The highest BCUT2D eigenvalue weighted by atomic mass is 15.1. The van der Waals surface area contributed by atoms with Crippen LogP contribution >= 0.6 is 0 Å². The number of anilines is 3. The molecule has 0 radical (unpaired) electrons. The Morgan fingerprint density at radius 3 is 1.63 bits per heavy atom. The van der Waals surface area contributed by atoms with Crippen molar-refractivity contribution in [1.29, 1.82) is 0 Å². The average molecular weight is 693 g/mol. The summed E-state index contributed by atoms with van der Waals surface area (Å²) in [5.41, 5.74) is 18.3. The summed E-state index contributed by atoms with van der Waals surface area (Å²) in [5.74, 6) is 0. The van der Waals surface area contributed by atoms with Gasteiger partial charge >= 0.3 is 0 Å². The number of aromatic nitrogens is 1. The zero-order chi connectivity index (χ0) is 36.4. The molecule has 0 fully saturated rings. The SMILES string of the molecule is Cc1cccc(N(c2ccc(-c3cccc(-c4ccccc4)c3)cc2)c2ccc3c(c2)C(C)(C)c2cc(-n4c5ccccc5c5ccccc54)ccc2-3)c1. The first-order valence-electron chi connectivity index (χ1n) is 18.8. The van der Waals surface area contributed by atoms with Gasteiger partial charge in [-0.2, -0.15) is 0 Å². The third-order valence-corrected chi connectivity index (χ3v) is 11.4. The molecule has 1 heterocycles. The minimum absolute atomic E-state index is 0.193. The van der Waals surface area contributed by atoms with Crippen molar-refractivity contribution in [3.63, 3.8) is 0 Å². The van der Waals surface area contributed by atoms with Gasteiger partial charge in [-0.05, 0) is 124 Å². The second-order valence-corrected chi connectivity index (χ2v) is 15.1. The molecule has 8 aromatic carbocycles. The highest BCUT2D eigenvalue weighted by molar-refractivity contribution is 6.09. The first-order valence-corrected chi connectivity index (χ1v) is 18.8. The number of hydrogen-bond donors (Lipinski definition) is 0. The lowest BCUT2D eigenvalue weighted by Crippen LogP contribution is -2.17. The number of rotatable bonds is 6. The molecule has 10 rings (SSSR count). The van der Waals surface area contributed by atoms with Crippen LogP contribution in [-0.4, -0.2) is 4.57 Å². The molecule has 2 nitrogen and oxygen atoms in total. The summed E-state index contributed by atoms with van der Waals surface area (Å²) in [6.45, 7) is 6.93. The Balaban J connectivity index is 1.05. The zero-order valence-corrected chi connectivity index (χ0v) is 30.8. The third-order valence-electron chi connectivity index (χ3n) is 11.4. The largest absolute Gasteiger partial charge is 0.310 e. The molecule has 0 amide bonds. The van der Waals surface area contributed by atoms with Crippen molar-refractivity contribution < 1.29 is 0 Å². The van der Waals surface area contributed by atoms with Gasteiger partial charge in [0.1, 0.15) is 0 Å². The lowest BCUT2D eigenvalue weighted by atomic mass is 9.82. The molecule has 0 aliphatic heterocycles. The predicted molar refractivity (Wildman–Crippen MR) is 229 cm³/mol. The molecular weight excluding hydrogens is 653 g/mol. The fourth-order valence-electron chi connectivity index (χ4n) is 8.72. The van der Waals surface area contributed by atoms with E-state index < -0.39 is 0 Å². The van der Waals surface area contributed by atoms with E-state index in [0.29, 0.717) is 0 Å². The first kappa shape index (κ1) is 32.0. The van der Waals surface area contributed by atoms with Gasteiger partial charge in [-0.15, -0.1) is 0 Å². The smallest absolute Gasteiger partial charge is 0.0541 e. The third kappa shape index (κ3) is 5.17. The van der Waals surface area contributed by atoms with Crippen molar-refractivity contribution in [3.8, 4) is 39.1 Å². The molecule has 1 aliphatic rings. The molecule has 54 heavy (non-hydrogen) atoms. The quantitative estimate of drug-likeness (QED) is 0.168. The molecular formula is C52H40N2. The van der Waals surface area contributed by atoms with Crippen LogP contribution in [0.3, 0.4) is 0 Å². The van der Waals surface area contributed by atoms with E-state index in [2.05, 4.69) is 218 Å². The van der Waals surface area contributed by atoms with Crippen LogP contribution in [0.4, 0.5) is 17.1 Å². The number of nitrogens with zero attached hydrogens (tertiary/aromatic N) is 2. The Morgan fingerprint density at radius 1 is 0.407 bits per heavy atom. The monoisotopic (exact) mass is 692 g/mol. The van der Waals surface area contributed by atoms with Gasteiger partial charge < -0.3 is 9.47 Å². The number of aryl methyl sites for hydroxylation is 1. The Labute approximate surface area is 317 Å². The van der Waals surface area contributed by atoms with Crippen molar-refractivity contribution >= 4 is 38.9 Å². The van der Waals surface area contributed by atoms with E-state index >= 15 is 0 Å². The number of para-hydroxylation sites is 2. The first-order chi connectivity index (χ1) is 26.4. The molecule has 0 unspecified atom stereocenters. The summed E-state index contributed by atoms with van der Waals surface area (Å²) in [5, 5.41) is 2.57. The van der Waals surface area contributed by atoms with Crippen LogP contribution in [0.1, 0.15) is 30.5 Å². The van der Waals surface area contributed by atoms with Gasteiger partial charge in [-0.3, -0.25) is 0 Å². The van der Waals surface area contributed by atoms with Crippen molar-refractivity contribution in [1.82, 2.24) is 4.57 Å². The van der Waals surface area contributed by atoms with Crippen LogP contribution < -0.4 is 4.90 Å². The number of benzene rings is 8. The van der Waals surface area contributed by atoms with E-state index in [4.69, 9.17) is 0 Å². The summed E-state index contributed by atoms with van der Waals surface area (Å²) in [7, 11) is 0. The van der Waals surface area contributed by atoms with E-state index in [9.17, 15) is 0 Å². The van der Waals surface area contributed by atoms with Crippen LogP contribution in [0.25, 0.3) is 60.9 Å². The second-order valence-electron chi connectivity index (χ2n) is 15.1. The van der Waals surface area contributed by atoms with Gasteiger partial charge in [0, 0.05) is 38.9 Å². The van der Waals surface area contributed by atoms with Gasteiger partial charge in [-0.1, -0.05) is 135 Å². The predicted octanol–water partition coefficient (Wildman–Crippen LogP) is 14.2. The molecule has 2 heteroatoms. The van der Waals surface area contributed by atoms with Crippen molar-refractivity contribution in [2.24, 2.45) is 0 Å². The van der Waals surface area contributed by atoms with Gasteiger partial charge in [0.15, 0.2) is 0 Å². The Kier molecular flexibility index (Phi) is 7.42. The molecule has 0 saturated heterocycles. The Hall–Kier alpha value is -6.64. The summed E-state index contributed by atoms with van der Waals surface area (Å²) >= 11 is 0. The number of fused-ring (bicyclic) bond motifs is 6. The van der Waals surface area contributed by atoms with Crippen LogP contribution in [0.15, 0.2) is 188 Å². The molecule has 0 atom stereocenters. The minimum atomic E-state index is -0.193. The lowest BCUT2D eigenvalue weighted by Gasteiger charge is -2.28. The van der Waals surface area contributed by atoms with Gasteiger partial charge in [0.25, 0.3) is 0 Å². The van der Waals surface area contributed by atoms with Crippen molar-refractivity contribution in [2.45, 2.75) is 26.2 Å². The maximum Gasteiger partial charge on any atom is 0.0541 e. The highest BCUT2D eigenvalue weighted by Crippen LogP contribution is 2.51. The van der Waals surface area contributed by atoms with Gasteiger partial charge in [0.2, 0.25) is 0 Å². The van der Waals surface area contributed by atoms with Crippen LogP contribution in [0.2, 0.25) is 0 Å². The molecule has 0 saturated carbocycles. The molecule has 1 aliphatic carbocycles. The van der Waals surface area contributed by atoms with Gasteiger partial charge in [0.05, 0.1) is 11.0 Å². The van der Waals surface area contributed by atoms with Crippen LogP contribution in [0, 0.1) is 6.92 Å². The summed E-state index contributed by atoms with van der Waals surface area (Å²) < 4.78 is 2.43. The van der Waals surface area contributed by atoms with E-state index in [-0.39, 0.29) is 5.41 Å². The summed E-state index contributed by atoms with van der Waals surface area (Å²) in [6.07, 6.45) is 0.